The quantitative estimate of drug-likeness (QED) is 0.157. The molecular formula is C27H33FN4O6S. The minimum absolute atomic E-state index is 0.0241. The molecule has 2 aromatic rings. The van der Waals surface area contributed by atoms with Gasteiger partial charge in [0.2, 0.25) is 0 Å². The molecular weight excluding hydrogens is 527 g/mol. The number of methoxy groups -OCH3 is 1. The van der Waals surface area contributed by atoms with Crippen LogP contribution in [-0.4, -0.2) is 72.7 Å². The summed E-state index contributed by atoms with van der Waals surface area (Å²) in [6, 6.07) is 10.6. The number of amides is 3. The lowest BCUT2D eigenvalue weighted by atomic mass is 10.1. The molecule has 0 aliphatic carbocycles. The number of benzene rings is 2. The number of ether oxygens (including phenoxy) is 1. The first-order chi connectivity index (χ1) is 18.7. The number of hydrogen-bond acceptors (Lipinski definition) is 8. The number of carbonyl (C=O) groups excluding carboxylic acids is 3. The Morgan fingerprint density at radius 1 is 1.21 bits per heavy atom. The van der Waals surface area contributed by atoms with E-state index in [1.54, 1.807) is 18.2 Å². The molecule has 39 heavy (non-hydrogen) atoms. The van der Waals surface area contributed by atoms with Crippen LogP contribution in [0.3, 0.4) is 0 Å². The van der Waals surface area contributed by atoms with Crippen molar-refractivity contribution in [2.45, 2.75) is 37.2 Å². The number of likely N-dealkylation sites (tertiary alicyclic amines) is 1. The van der Waals surface area contributed by atoms with Crippen molar-refractivity contribution in [3.63, 3.8) is 0 Å². The average molecular weight is 561 g/mol. The fourth-order valence-electron chi connectivity index (χ4n) is 4.18. The molecule has 1 atom stereocenters. The van der Waals surface area contributed by atoms with Crippen molar-refractivity contribution >= 4 is 29.7 Å². The maximum absolute atomic E-state index is 13.1. The van der Waals surface area contributed by atoms with Crippen molar-refractivity contribution in [2.75, 3.05) is 33.9 Å². The summed E-state index contributed by atoms with van der Waals surface area (Å²) in [7, 11) is 2.73. The van der Waals surface area contributed by atoms with E-state index in [4.69, 9.17) is 9.57 Å². The number of aliphatic hydroxyl groups excluding tert-OH is 1. The standard InChI is InChI=1S/C27H33FN4O6S/c1-4-31-13-5-6-20(31)16-29-26(35)22-14-21(11-12-24(22)37-2)39-30-27(36)23(33)15-25(34)32(38-3)17-18-7-9-19(28)10-8-18/h7-12,14-15,20,33H,4-6,13,16-17H2,1-3H3,(H,29,35)(H,30,36)/b23-15-. The zero-order valence-corrected chi connectivity index (χ0v) is 22.9. The Labute approximate surface area is 231 Å². The average Bonchev–Trinajstić information content (AvgIpc) is 3.41. The molecule has 0 spiro atoms. The Hall–Kier alpha value is -3.61. The van der Waals surface area contributed by atoms with E-state index < -0.39 is 23.4 Å². The highest BCUT2D eigenvalue weighted by Crippen LogP contribution is 2.25. The molecule has 3 N–H and O–H groups in total. The van der Waals surface area contributed by atoms with E-state index in [9.17, 15) is 23.9 Å². The van der Waals surface area contributed by atoms with E-state index in [0.717, 1.165) is 49.0 Å². The van der Waals surface area contributed by atoms with Gasteiger partial charge >= 0.3 is 0 Å². The van der Waals surface area contributed by atoms with Gasteiger partial charge in [0.05, 0.1) is 32.4 Å². The first-order valence-corrected chi connectivity index (χ1v) is 13.3. The zero-order valence-electron chi connectivity index (χ0n) is 22.1. The number of rotatable bonds is 12. The molecule has 1 aliphatic heterocycles. The number of nitrogens with one attached hydrogen (secondary N) is 2. The van der Waals surface area contributed by atoms with Gasteiger partial charge in [-0.15, -0.1) is 0 Å². The number of aliphatic hydroxyl groups is 1. The minimum Gasteiger partial charge on any atom is -0.503 e. The highest BCUT2D eigenvalue weighted by atomic mass is 32.2. The number of nitrogens with zero attached hydrogens (tertiary/aromatic N) is 2. The van der Waals surface area contributed by atoms with Gasteiger partial charge in [-0.05, 0) is 73.8 Å². The predicted octanol–water partition coefficient (Wildman–Crippen LogP) is 3.20. The summed E-state index contributed by atoms with van der Waals surface area (Å²) in [6.07, 6.45) is 2.85. The van der Waals surface area contributed by atoms with Gasteiger partial charge in [-0.25, -0.2) is 9.45 Å². The van der Waals surface area contributed by atoms with Crippen LogP contribution < -0.4 is 14.8 Å². The Kier molecular flexibility index (Phi) is 11.1. The Morgan fingerprint density at radius 2 is 1.95 bits per heavy atom. The molecule has 0 aromatic heterocycles. The van der Waals surface area contributed by atoms with Crippen molar-refractivity contribution in [1.29, 1.82) is 0 Å². The van der Waals surface area contributed by atoms with Gasteiger partial charge < -0.3 is 15.2 Å². The maximum atomic E-state index is 13.1. The van der Waals surface area contributed by atoms with Crippen LogP contribution in [0, 0.1) is 5.82 Å². The van der Waals surface area contributed by atoms with Crippen LogP contribution in [-0.2, 0) is 21.0 Å². The summed E-state index contributed by atoms with van der Waals surface area (Å²) in [5, 5.41) is 14.0. The lowest BCUT2D eigenvalue weighted by Crippen LogP contribution is -2.40. The number of likely N-dealkylation sites (N-methyl/N-ethyl adjacent to an activating group) is 1. The molecule has 1 saturated heterocycles. The van der Waals surface area contributed by atoms with Crippen LogP contribution >= 0.6 is 11.9 Å². The summed E-state index contributed by atoms with van der Waals surface area (Å²) in [5.74, 6) is -2.87. The van der Waals surface area contributed by atoms with Crippen LogP contribution in [0.4, 0.5) is 4.39 Å². The third-order valence-electron chi connectivity index (χ3n) is 6.28. The summed E-state index contributed by atoms with van der Waals surface area (Å²) < 4.78 is 20.9. The van der Waals surface area contributed by atoms with Gasteiger partial charge in [-0.2, -0.15) is 0 Å². The lowest BCUT2D eigenvalue weighted by molar-refractivity contribution is -0.173. The molecule has 0 radical (unpaired) electrons. The van der Waals surface area contributed by atoms with Gasteiger partial charge in [0.15, 0.2) is 5.76 Å². The molecule has 1 unspecified atom stereocenters. The van der Waals surface area contributed by atoms with E-state index in [2.05, 4.69) is 21.9 Å². The third-order valence-corrected chi connectivity index (χ3v) is 7.06. The van der Waals surface area contributed by atoms with Crippen molar-refractivity contribution in [1.82, 2.24) is 20.0 Å². The number of halogens is 1. The normalized spacial score (nSPS) is 15.6. The number of carbonyl (C=O) groups is 3. The first kappa shape index (κ1) is 29.9. The second-order valence-corrected chi connectivity index (χ2v) is 9.62. The number of hydrogen-bond donors (Lipinski definition) is 3. The van der Waals surface area contributed by atoms with Crippen LogP contribution in [0.2, 0.25) is 0 Å². The zero-order chi connectivity index (χ0) is 28.4. The Bertz CT molecular complexity index is 1190. The SMILES string of the molecule is CCN1CCCC1CNC(=O)c1cc(SNC(=O)/C(O)=C/C(=O)N(Cc2ccc(F)cc2)OC)ccc1OC. The molecule has 0 saturated carbocycles. The van der Waals surface area contributed by atoms with Gasteiger partial charge in [0, 0.05) is 17.5 Å². The van der Waals surface area contributed by atoms with E-state index >= 15 is 0 Å². The monoisotopic (exact) mass is 560 g/mol. The summed E-state index contributed by atoms with van der Waals surface area (Å²) in [4.78, 5) is 45.6. The summed E-state index contributed by atoms with van der Waals surface area (Å²) >= 11 is 0.864. The largest absolute Gasteiger partial charge is 0.503 e. The van der Waals surface area contributed by atoms with Crippen molar-refractivity contribution in [3.05, 3.63) is 71.2 Å². The lowest BCUT2D eigenvalue weighted by Gasteiger charge is -2.23. The van der Waals surface area contributed by atoms with Crippen LogP contribution in [0.5, 0.6) is 5.75 Å². The van der Waals surface area contributed by atoms with E-state index in [1.165, 1.54) is 38.5 Å². The minimum atomic E-state index is -0.922. The fourth-order valence-corrected chi connectivity index (χ4v) is 4.80. The first-order valence-electron chi connectivity index (χ1n) is 12.4. The second kappa shape index (κ2) is 14.5. The smallest absolute Gasteiger partial charge is 0.296 e. The van der Waals surface area contributed by atoms with Gasteiger partial charge in [-0.1, -0.05) is 19.1 Å². The fraction of sp³-hybridized carbons (Fsp3) is 0.370. The number of hydroxylamine groups is 2. The third kappa shape index (κ3) is 8.44. The second-order valence-electron chi connectivity index (χ2n) is 8.74. The molecule has 1 fully saturated rings. The van der Waals surface area contributed by atoms with E-state index in [1.807, 2.05) is 0 Å². The molecule has 3 rings (SSSR count). The predicted molar refractivity (Wildman–Crippen MR) is 144 cm³/mol. The summed E-state index contributed by atoms with van der Waals surface area (Å²) in [5.41, 5.74) is 0.897. The van der Waals surface area contributed by atoms with Gasteiger partial charge in [0.25, 0.3) is 17.7 Å². The molecule has 2 aromatic carbocycles. The molecule has 0 bridgehead atoms. The van der Waals surface area contributed by atoms with Crippen molar-refractivity contribution < 1.29 is 33.5 Å². The Balaban J connectivity index is 1.59. The highest BCUT2D eigenvalue weighted by molar-refractivity contribution is 7.98. The van der Waals surface area contributed by atoms with Crippen molar-refractivity contribution in [2.24, 2.45) is 0 Å². The highest BCUT2D eigenvalue weighted by Gasteiger charge is 2.24. The van der Waals surface area contributed by atoms with Crippen LogP contribution in [0.25, 0.3) is 0 Å². The molecule has 10 nitrogen and oxygen atoms in total. The van der Waals surface area contributed by atoms with E-state index in [-0.39, 0.29) is 12.5 Å². The van der Waals surface area contributed by atoms with Gasteiger partial charge in [-0.3, -0.25) is 28.8 Å². The van der Waals surface area contributed by atoms with Crippen LogP contribution in [0.15, 0.2) is 59.2 Å². The molecule has 1 heterocycles. The van der Waals surface area contributed by atoms with E-state index in [0.29, 0.717) is 34.4 Å². The van der Waals surface area contributed by atoms with Crippen molar-refractivity contribution in [3.8, 4) is 5.75 Å². The topological polar surface area (TPSA) is 120 Å². The molecule has 1 aliphatic rings. The molecule has 12 heteroatoms. The molecule has 3 amide bonds. The van der Waals surface area contributed by atoms with Gasteiger partial charge in [0.1, 0.15) is 11.6 Å². The van der Waals surface area contributed by atoms with Crippen LogP contribution in [0.1, 0.15) is 35.7 Å². The maximum Gasteiger partial charge on any atom is 0.296 e. The summed E-state index contributed by atoms with van der Waals surface area (Å²) in [6.45, 7) is 4.56. The Morgan fingerprint density at radius 3 is 2.62 bits per heavy atom. The molecule has 210 valence electrons.